The highest BCUT2D eigenvalue weighted by molar-refractivity contribution is 5.96. The van der Waals surface area contributed by atoms with E-state index >= 15 is 0 Å². The number of rotatable bonds is 1. The number of hydrogen-bond donors (Lipinski definition) is 2. The maximum absolute atomic E-state index is 9.92. The lowest BCUT2D eigenvalue weighted by molar-refractivity contribution is 0.463. The lowest BCUT2D eigenvalue weighted by Gasteiger charge is -2.30. The molecule has 0 aromatic heterocycles. The molecule has 5 aromatic rings. The first-order valence-electron chi connectivity index (χ1n) is 9.93. The quantitative estimate of drug-likeness (QED) is 0.329. The molecule has 1 heterocycles. The highest BCUT2D eigenvalue weighted by Gasteiger charge is 2.31. The lowest BCUT2D eigenvalue weighted by atomic mass is 9.81. The first-order chi connectivity index (χ1) is 14.7. The Morgan fingerprint density at radius 3 is 1.63 bits per heavy atom. The van der Waals surface area contributed by atoms with Crippen molar-refractivity contribution in [1.29, 1.82) is 0 Å². The van der Waals surface area contributed by atoms with Crippen LogP contribution in [0.25, 0.3) is 21.5 Å². The van der Waals surface area contributed by atoms with Gasteiger partial charge in [0.2, 0.25) is 0 Å². The molecule has 0 atom stereocenters. The molecule has 0 aliphatic carbocycles. The Bertz CT molecular complexity index is 1350. The predicted octanol–water partition coefficient (Wildman–Crippen LogP) is 6.69. The summed E-state index contributed by atoms with van der Waals surface area (Å²) in [5, 5.41) is 23.6. The van der Waals surface area contributed by atoms with Crippen LogP contribution in [0.5, 0.6) is 23.0 Å². The number of ether oxygens (including phenoxy) is 1. The molecule has 5 aromatic carbocycles. The van der Waals surface area contributed by atoms with E-state index in [1.54, 1.807) is 24.3 Å². The van der Waals surface area contributed by atoms with E-state index in [1.807, 2.05) is 30.3 Å². The zero-order valence-corrected chi connectivity index (χ0v) is 16.0. The number of phenolic OH excluding ortho intramolecular Hbond substituents is 2. The van der Waals surface area contributed by atoms with E-state index in [0.29, 0.717) is 0 Å². The predicted molar refractivity (Wildman–Crippen MR) is 119 cm³/mol. The Balaban J connectivity index is 1.70. The van der Waals surface area contributed by atoms with E-state index in [1.165, 1.54) is 5.56 Å². The number of phenols is 2. The van der Waals surface area contributed by atoms with Crippen molar-refractivity contribution in [2.45, 2.75) is 5.92 Å². The summed E-state index contributed by atoms with van der Waals surface area (Å²) in [6, 6.07) is 29.4. The van der Waals surface area contributed by atoms with E-state index in [4.69, 9.17) is 4.74 Å². The van der Waals surface area contributed by atoms with Crippen LogP contribution in [0.15, 0.2) is 91.0 Å². The Morgan fingerprint density at radius 1 is 0.567 bits per heavy atom. The second-order valence-electron chi connectivity index (χ2n) is 7.72. The van der Waals surface area contributed by atoms with Gasteiger partial charge >= 0.3 is 0 Å². The summed E-state index contributed by atoms with van der Waals surface area (Å²) in [6.07, 6.45) is 0. The molecule has 0 saturated carbocycles. The van der Waals surface area contributed by atoms with Gasteiger partial charge in [0.1, 0.15) is 23.0 Å². The minimum absolute atomic E-state index is 0.0290. The fourth-order valence-electron chi connectivity index (χ4n) is 4.57. The summed E-state index contributed by atoms with van der Waals surface area (Å²) in [5.74, 6) is 2.13. The summed E-state index contributed by atoms with van der Waals surface area (Å²) < 4.78 is 6.57. The average Bonchev–Trinajstić information content (AvgIpc) is 2.77. The van der Waals surface area contributed by atoms with E-state index in [9.17, 15) is 10.2 Å². The van der Waals surface area contributed by atoms with Crippen LogP contribution >= 0.6 is 0 Å². The van der Waals surface area contributed by atoms with E-state index in [2.05, 4.69) is 36.4 Å². The molecular formula is C27H18O3. The first kappa shape index (κ1) is 16.9. The van der Waals surface area contributed by atoms with Gasteiger partial charge in [0, 0.05) is 27.8 Å². The van der Waals surface area contributed by atoms with Crippen molar-refractivity contribution in [2.24, 2.45) is 0 Å². The molecule has 0 radical (unpaired) electrons. The third-order valence-corrected chi connectivity index (χ3v) is 5.93. The summed E-state index contributed by atoms with van der Waals surface area (Å²) >= 11 is 0. The minimum atomic E-state index is 0.0290. The fourth-order valence-corrected chi connectivity index (χ4v) is 4.57. The molecule has 2 N–H and O–H groups in total. The topological polar surface area (TPSA) is 49.7 Å². The van der Waals surface area contributed by atoms with Gasteiger partial charge in [-0.25, -0.2) is 0 Å². The molecule has 6 rings (SSSR count). The fraction of sp³-hybridized carbons (Fsp3) is 0.0370. The van der Waals surface area contributed by atoms with Crippen LogP contribution in [0.2, 0.25) is 0 Å². The van der Waals surface area contributed by atoms with Crippen molar-refractivity contribution >= 4 is 21.5 Å². The van der Waals surface area contributed by atoms with Gasteiger partial charge in [0.25, 0.3) is 0 Å². The SMILES string of the molecule is Oc1ccc2c3c(ccc2c1)C(c1ccccc1)c1ccc2cc(O)ccc2c1O3. The number of hydrogen-bond acceptors (Lipinski definition) is 3. The van der Waals surface area contributed by atoms with Gasteiger partial charge in [-0.05, 0) is 52.7 Å². The second kappa shape index (κ2) is 6.26. The third-order valence-electron chi connectivity index (χ3n) is 5.93. The molecule has 3 nitrogen and oxygen atoms in total. The van der Waals surface area contributed by atoms with Crippen molar-refractivity contribution in [3.8, 4) is 23.0 Å². The van der Waals surface area contributed by atoms with Crippen LogP contribution in [-0.4, -0.2) is 10.2 Å². The Hall–Kier alpha value is -3.98. The zero-order valence-electron chi connectivity index (χ0n) is 16.0. The zero-order chi connectivity index (χ0) is 20.2. The van der Waals surface area contributed by atoms with Crippen LogP contribution in [-0.2, 0) is 0 Å². The van der Waals surface area contributed by atoms with Gasteiger partial charge in [-0.1, -0.05) is 54.6 Å². The number of benzene rings is 5. The molecule has 0 unspecified atom stereocenters. The van der Waals surface area contributed by atoms with Crippen LogP contribution < -0.4 is 4.74 Å². The Kier molecular flexibility index (Phi) is 3.53. The highest BCUT2D eigenvalue weighted by atomic mass is 16.5. The third kappa shape index (κ3) is 2.45. The second-order valence-corrected chi connectivity index (χ2v) is 7.72. The van der Waals surface area contributed by atoms with Gasteiger partial charge in [0.05, 0.1) is 0 Å². The first-order valence-corrected chi connectivity index (χ1v) is 9.93. The van der Waals surface area contributed by atoms with E-state index in [0.717, 1.165) is 44.2 Å². The largest absolute Gasteiger partial charge is 0.508 e. The van der Waals surface area contributed by atoms with Crippen molar-refractivity contribution in [1.82, 2.24) is 0 Å². The van der Waals surface area contributed by atoms with Crippen LogP contribution in [0.4, 0.5) is 0 Å². The molecule has 0 spiro atoms. The van der Waals surface area contributed by atoms with E-state index < -0.39 is 0 Å². The Labute approximate surface area is 173 Å². The van der Waals surface area contributed by atoms with Crippen LogP contribution in [0, 0.1) is 0 Å². The standard InChI is InChI=1S/C27H18O3/c28-19-8-12-21-17(14-19)6-10-23-25(16-4-2-1-3-5-16)24-11-7-18-15-20(29)9-13-22(18)27(24)30-26(21)23/h1-15,25,28-29H. The smallest absolute Gasteiger partial charge is 0.139 e. The summed E-state index contributed by atoms with van der Waals surface area (Å²) in [7, 11) is 0. The summed E-state index contributed by atoms with van der Waals surface area (Å²) in [5.41, 5.74) is 3.40. The van der Waals surface area contributed by atoms with Crippen LogP contribution in [0.1, 0.15) is 22.6 Å². The maximum Gasteiger partial charge on any atom is 0.139 e. The van der Waals surface area contributed by atoms with E-state index in [-0.39, 0.29) is 17.4 Å². The molecule has 0 bridgehead atoms. The lowest BCUT2D eigenvalue weighted by Crippen LogP contribution is -2.12. The van der Waals surface area contributed by atoms with Gasteiger partial charge in [0.15, 0.2) is 0 Å². The molecule has 0 amide bonds. The minimum Gasteiger partial charge on any atom is -0.508 e. The number of aromatic hydroxyl groups is 2. The monoisotopic (exact) mass is 390 g/mol. The Morgan fingerprint density at radius 2 is 1.10 bits per heavy atom. The molecule has 0 saturated heterocycles. The molecule has 3 heteroatoms. The average molecular weight is 390 g/mol. The van der Waals surface area contributed by atoms with Crippen molar-refractivity contribution in [3.05, 3.63) is 108 Å². The summed E-state index contributed by atoms with van der Waals surface area (Å²) in [4.78, 5) is 0. The number of fused-ring (bicyclic) bond motifs is 6. The van der Waals surface area contributed by atoms with Crippen molar-refractivity contribution in [3.63, 3.8) is 0 Å². The van der Waals surface area contributed by atoms with Gasteiger partial charge in [-0.3, -0.25) is 0 Å². The molecular weight excluding hydrogens is 372 g/mol. The molecule has 0 fully saturated rings. The molecule has 144 valence electrons. The van der Waals surface area contributed by atoms with Gasteiger partial charge in [-0.2, -0.15) is 0 Å². The molecule has 1 aliphatic rings. The van der Waals surface area contributed by atoms with Crippen molar-refractivity contribution in [2.75, 3.05) is 0 Å². The summed E-state index contributed by atoms with van der Waals surface area (Å²) in [6.45, 7) is 0. The highest BCUT2D eigenvalue weighted by Crippen LogP contribution is 2.52. The maximum atomic E-state index is 9.92. The van der Waals surface area contributed by atoms with Crippen molar-refractivity contribution < 1.29 is 14.9 Å². The molecule has 30 heavy (non-hydrogen) atoms. The van der Waals surface area contributed by atoms with Crippen LogP contribution in [0.3, 0.4) is 0 Å². The molecule has 1 aliphatic heterocycles. The normalized spacial score (nSPS) is 13.1. The van der Waals surface area contributed by atoms with Gasteiger partial charge in [-0.15, -0.1) is 0 Å². The van der Waals surface area contributed by atoms with Gasteiger partial charge < -0.3 is 14.9 Å².